The molecule has 0 saturated heterocycles. The maximum atomic E-state index is 6.04. The molecule has 1 atom stereocenters. The third-order valence-corrected chi connectivity index (χ3v) is 2.73. The fourth-order valence-electron chi connectivity index (χ4n) is 1.62. The van der Waals surface area contributed by atoms with Gasteiger partial charge in [0.2, 0.25) is 0 Å². The van der Waals surface area contributed by atoms with Crippen LogP contribution in [0.25, 0.3) is 0 Å². The molecule has 14 heavy (non-hydrogen) atoms. The first kappa shape index (κ1) is 11.8. The Labute approximate surface area is 94.8 Å². The topological polar surface area (TPSA) is 35.2 Å². The fourth-order valence-corrected chi connectivity index (χ4v) is 1.85. The molecule has 2 rings (SSSR count). The predicted molar refractivity (Wildman–Crippen MR) is 59.9 cm³/mol. The molecule has 0 aromatic heterocycles. The van der Waals surface area contributed by atoms with Crippen molar-refractivity contribution in [2.75, 3.05) is 6.61 Å². The van der Waals surface area contributed by atoms with Gasteiger partial charge in [0.15, 0.2) is 0 Å². The average molecular weight is 234 g/mol. The van der Waals surface area contributed by atoms with Crippen molar-refractivity contribution < 1.29 is 4.74 Å². The van der Waals surface area contributed by atoms with Crippen LogP contribution in [0.15, 0.2) is 18.2 Å². The second-order valence-electron chi connectivity index (χ2n) is 3.26. The highest BCUT2D eigenvalue weighted by molar-refractivity contribution is 6.31. The molecule has 0 bridgehead atoms. The minimum atomic E-state index is 0. The Morgan fingerprint density at radius 3 is 3.00 bits per heavy atom. The second-order valence-corrected chi connectivity index (χ2v) is 3.66. The van der Waals surface area contributed by atoms with E-state index in [2.05, 4.69) is 0 Å². The molecular weight excluding hydrogens is 221 g/mol. The van der Waals surface area contributed by atoms with Crippen molar-refractivity contribution >= 4 is 24.0 Å². The Bertz CT molecular complexity index is 317. The fraction of sp³-hybridized carbons (Fsp3) is 0.400. The molecule has 1 aromatic carbocycles. The van der Waals surface area contributed by atoms with Crippen LogP contribution in [0.1, 0.15) is 23.6 Å². The molecule has 0 amide bonds. The van der Waals surface area contributed by atoms with E-state index in [1.807, 2.05) is 18.2 Å². The first-order chi connectivity index (χ1) is 6.29. The van der Waals surface area contributed by atoms with Crippen LogP contribution in [0.2, 0.25) is 5.02 Å². The maximum absolute atomic E-state index is 6.04. The zero-order valence-corrected chi connectivity index (χ0v) is 9.27. The van der Waals surface area contributed by atoms with Gasteiger partial charge in [-0.1, -0.05) is 23.7 Å². The van der Waals surface area contributed by atoms with Crippen LogP contribution in [0.3, 0.4) is 0 Å². The third kappa shape index (κ3) is 2.20. The van der Waals surface area contributed by atoms with Crippen LogP contribution in [0.4, 0.5) is 0 Å². The zero-order valence-electron chi connectivity index (χ0n) is 7.70. The van der Waals surface area contributed by atoms with Crippen LogP contribution in [-0.4, -0.2) is 6.61 Å². The SMILES string of the molecule is Cl.NC1CCOCc2c(Cl)cccc21. The molecular formula is C10H13Cl2NO. The van der Waals surface area contributed by atoms with Gasteiger partial charge in [0.25, 0.3) is 0 Å². The Hall–Kier alpha value is -0.280. The first-order valence-corrected chi connectivity index (χ1v) is 4.77. The van der Waals surface area contributed by atoms with E-state index in [1.165, 1.54) is 0 Å². The van der Waals surface area contributed by atoms with Gasteiger partial charge in [-0.25, -0.2) is 0 Å². The number of ether oxygens (including phenoxy) is 1. The zero-order chi connectivity index (χ0) is 9.26. The lowest BCUT2D eigenvalue weighted by Crippen LogP contribution is -2.11. The van der Waals surface area contributed by atoms with Gasteiger partial charge in [-0.2, -0.15) is 0 Å². The molecule has 1 aliphatic rings. The van der Waals surface area contributed by atoms with Crippen LogP contribution < -0.4 is 5.73 Å². The Morgan fingerprint density at radius 1 is 1.43 bits per heavy atom. The lowest BCUT2D eigenvalue weighted by molar-refractivity contribution is 0.122. The van der Waals surface area contributed by atoms with Crippen molar-refractivity contribution in [2.24, 2.45) is 5.73 Å². The molecule has 1 unspecified atom stereocenters. The van der Waals surface area contributed by atoms with Crippen molar-refractivity contribution in [1.82, 2.24) is 0 Å². The Balaban J connectivity index is 0.000000980. The highest BCUT2D eigenvalue weighted by atomic mass is 35.5. The van der Waals surface area contributed by atoms with E-state index >= 15 is 0 Å². The molecule has 78 valence electrons. The second kappa shape index (κ2) is 4.99. The predicted octanol–water partition coefficient (Wildman–Crippen LogP) is 2.68. The number of hydrogen-bond donors (Lipinski definition) is 1. The van der Waals surface area contributed by atoms with Gasteiger partial charge in [-0.05, 0) is 18.1 Å². The smallest absolute Gasteiger partial charge is 0.0734 e. The van der Waals surface area contributed by atoms with Crippen molar-refractivity contribution in [3.63, 3.8) is 0 Å². The summed E-state index contributed by atoms with van der Waals surface area (Å²) >= 11 is 6.04. The number of rotatable bonds is 0. The standard InChI is InChI=1S/C10H12ClNO.ClH/c11-9-3-1-2-7-8(9)6-13-5-4-10(7)12;/h1-3,10H,4-6,12H2;1H. The molecule has 0 fully saturated rings. The third-order valence-electron chi connectivity index (χ3n) is 2.37. The molecule has 0 spiro atoms. The summed E-state index contributed by atoms with van der Waals surface area (Å²) in [4.78, 5) is 0. The summed E-state index contributed by atoms with van der Waals surface area (Å²) in [6.45, 7) is 1.30. The normalized spacial score (nSPS) is 20.6. The Morgan fingerprint density at radius 2 is 2.21 bits per heavy atom. The lowest BCUT2D eigenvalue weighted by atomic mass is 10.0. The maximum Gasteiger partial charge on any atom is 0.0734 e. The molecule has 4 heteroatoms. The van der Waals surface area contributed by atoms with E-state index in [4.69, 9.17) is 22.1 Å². The summed E-state index contributed by atoms with van der Waals surface area (Å²) in [6, 6.07) is 5.91. The van der Waals surface area contributed by atoms with Gasteiger partial charge in [0.05, 0.1) is 6.61 Å². The molecule has 0 saturated carbocycles. The number of nitrogens with two attached hydrogens (primary N) is 1. The summed E-state index contributed by atoms with van der Waals surface area (Å²) in [5.41, 5.74) is 8.16. The van der Waals surface area contributed by atoms with E-state index < -0.39 is 0 Å². The first-order valence-electron chi connectivity index (χ1n) is 4.39. The van der Waals surface area contributed by atoms with Crippen LogP contribution in [0, 0.1) is 0 Å². The number of hydrogen-bond acceptors (Lipinski definition) is 2. The molecule has 1 aromatic rings. The Kier molecular flexibility index (Phi) is 4.20. The van der Waals surface area contributed by atoms with Crippen LogP contribution >= 0.6 is 24.0 Å². The minimum absolute atomic E-state index is 0. The van der Waals surface area contributed by atoms with Crippen molar-refractivity contribution in [2.45, 2.75) is 19.1 Å². The van der Waals surface area contributed by atoms with Crippen LogP contribution in [-0.2, 0) is 11.3 Å². The molecule has 0 aliphatic carbocycles. The molecule has 1 aliphatic heterocycles. The van der Waals surface area contributed by atoms with E-state index in [0.29, 0.717) is 13.2 Å². The highest BCUT2D eigenvalue weighted by Crippen LogP contribution is 2.28. The van der Waals surface area contributed by atoms with Crippen molar-refractivity contribution in [3.8, 4) is 0 Å². The lowest BCUT2D eigenvalue weighted by Gasteiger charge is -2.11. The van der Waals surface area contributed by atoms with E-state index in [-0.39, 0.29) is 18.4 Å². The van der Waals surface area contributed by atoms with E-state index in [0.717, 1.165) is 22.6 Å². The van der Waals surface area contributed by atoms with Gasteiger partial charge in [-0.15, -0.1) is 12.4 Å². The molecule has 2 N–H and O–H groups in total. The van der Waals surface area contributed by atoms with Gasteiger partial charge in [-0.3, -0.25) is 0 Å². The number of fused-ring (bicyclic) bond motifs is 1. The largest absolute Gasteiger partial charge is 0.377 e. The number of benzene rings is 1. The molecule has 2 nitrogen and oxygen atoms in total. The van der Waals surface area contributed by atoms with Crippen molar-refractivity contribution in [3.05, 3.63) is 34.3 Å². The van der Waals surface area contributed by atoms with E-state index in [1.54, 1.807) is 0 Å². The molecule has 1 heterocycles. The van der Waals surface area contributed by atoms with Gasteiger partial charge in [0, 0.05) is 23.2 Å². The summed E-state index contributed by atoms with van der Waals surface area (Å²) in [5.74, 6) is 0. The quantitative estimate of drug-likeness (QED) is 0.748. The summed E-state index contributed by atoms with van der Waals surface area (Å²) in [5, 5.41) is 0.759. The molecule has 0 radical (unpaired) electrons. The van der Waals surface area contributed by atoms with Crippen LogP contribution in [0.5, 0.6) is 0 Å². The minimum Gasteiger partial charge on any atom is -0.377 e. The average Bonchev–Trinajstić information content (AvgIpc) is 2.30. The monoisotopic (exact) mass is 233 g/mol. The highest BCUT2D eigenvalue weighted by Gasteiger charge is 2.16. The van der Waals surface area contributed by atoms with Gasteiger partial charge in [0.1, 0.15) is 0 Å². The number of halogens is 2. The van der Waals surface area contributed by atoms with Gasteiger partial charge >= 0.3 is 0 Å². The van der Waals surface area contributed by atoms with Gasteiger partial charge < -0.3 is 10.5 Å². The van der Waals surface area contributed by atoms with E-state index in [9.17, 15) is 0 Å². The van der Waals surface area contributed by atoms with Crippen molar-refractivity contribution in [1.29, 1.82) is 0 Å². The summed E-state index contributed by atoms with van der Waals surface area (Å²) in [6.07, 6.45) is 0.868. The summed E-state index contributed by atoms with van der Waals surface area (Å²) < 4.78 is 5.41. The summed E-state index contributed by atoms with van der Waals surface area (Å²) in [7, 11) is 0.